The monoisotopic (exact) mass is 360 g/mol. The van der Waals surface area contributed by atoms with E-state index in [9.17, 15) is 4.79 Å². The second kappa shape index (κ2) is 9.04. The molecule has 3 rings (SSSR count). The second-order valence-corrected chi connectivity index (χ2v) is 6.62. The molecule has 0 saturated heterocycles. The smallest absolute Gasteiger partial charge is 0.307 e. The Morgan fingerprint density at radius 2 is 1.56 bits per heavy atom. The van der Waals surface area contributed by atoms with E-state index in [1.165, 1.54) is 11.1 Å². The van der Waals surface area contributed by atoms with Crippen molar-refractivity contribution in [2.75, 3.05) is 0 Å². The molecule has 0 radical (unpaired) electrons. The Morgan fingerprint density at radius 1 is 0.889 bits per heavy atom. The second-order valence-electron chi connectivity index (χ2n) is 6.62. The Labute approximate surface area is 160 Å². The van der Waals surface area contributed by atoms with Crippen molar-refractivity contribution in [1.29, 1.82) is 0 Å². The number of benzene rings is 3. The minimum atomic E-state index is -0.861. The quantitative estimate of drug-likeness (QED) is 0.576. The number of rotatable bonds is 8. The first kappa shape index (κ1) is 18.7. The van der Waals surface area contributed by atoms with Gasteiger partial charge in [-0.2, -0.15) is 0 Å². The molecule has 0 atom stereocenters. The molecule has 0 aliphatic rings. The maximum atomic E-state index is 11.0. The number of hydrogen-bond acceptors (Lipinski definition) is 2. The fraction of sp³-hybridized carbons (Fsp3) is 0.208. The first-order chi connectivity index (χ1) is 13.2. The molecule has 0 aliphatic heterocycles. The number of carbonyl (C=O) groups is 1. The summed E-state index contributed by atoms with van der Waals surface area (Å²) in [5.74, 6) is -0.241. The summed E-state index contributed by atoms with van der Waals surface area (Å²) in [4.78, 5) is 11.0. The van der Waals surface area contributed by atoms with E-state index >= 15 is 0 Å². The van der Waals surface area contributed by atoms with Crippen LogP contribution < -0.4 is 4.74 Å². The highest BCUT2D eigenvalue weighted by Gasteiger charge is 2.08. The van der Waals surface area contributed by atoms with Crippen molar-refractivity contribution < 1.29 is 14.6 Å². The number of aliphatic carboxylic acids is 1. The van der Waals surface area contributed by atoms with Gasteiger partial charge in [-0.3, -0.25) is 4.79 Å². The van der Waals surface area contributed by atoms with E-state index in [-0.39, 0.29) is 6.42 Å². The number of carboxylic acid groups (broad SMARTS) is 1. The predicted molar refractivity (Wildman–Crippen MR) is 108 cm³/mol. The Balaban J connectivity index is 1.75. The van der Waals surface area contributed by atoms with Crippen LogP contribution in [0.4, 0.5) is 0 Å². The van der Waals surface area contributed by atoms with Gasteiger partial charge in [-0.25, -0.2) is 0 Å². The number of para-hydroxylation sites is 1. The van der Waals surface area contributed by atoms with Crippen LogP contribution in [0.15, 0.2) is 72.8 Å². The largest absolute Gasteiger partial charge is 0.489 e. The molecule has 0 amide bonds. The van der Waals surface area contributed by atoms with Gasteiger partial charge in [0.05, 0.1) is 6.42 Å². The van der Waals surface area contributed by atoms with Gasteiger partial charge in [-0.15, -0.1) is 0 Å². The average molecular weight is 360 g/mol. The number of carboxylic acids is 1. The molecule has 3 nitrogen and oxygen atoms in total. The lowest BCUT2D eigenvalue weighted by Crippen LogP contribution is -2.04. The topological polar surface area (TPSA) is 46.5 Å². The van der Waals surface area contributed by atoms with Crippen LogP contribution in [0.5, 0.6) is 5.75 Å². The minimum absolute atomic E-state index is 0.0412. The summed E-state index contributed by atoms with van der Waals surface area (Å²) in [5.41, 5.74) is 5.45. The van der Waals surface area contributed by atoms with Crippen LogP contribution in [0, 0.1) is 0 Å². The average Bonchev–Trinajstić information content (AvgIpc) is 2.68. The molecule has 0 saturated carbocycles. The maximum absolute atomic E-state index is 11.0. The zero-order valence-corrected chi connectivity index (χ0v) is 15.5. The molecule has 0 unspecified atom stereocenters. The molecule has 0 spiro atoms. The Morgan fingerprint density at radius 3 is 2.26 bits per heavy atom. The van der Waals surface area contributed by atoms with Gasteiger partial charge in [-0.1, -0.05) is 74.0 Å². The van der Waals surface area contributed by atoms with Crippen LogP contribution in [0.1, 0.15) is 30.0 Å². The van der Waals surface area contributed by atoms with Crippen LogP contribution in [-0.2, 0) is 24.2 Å². The lowest BCUT2D eigenvalue weighted by atomic mass is 10.00. The normalized spacial score (nSPS) is 10.6. The maximum Gasteiger partial charge on any atom is 0.307 e. The van der Waals surface area contributed by atoms with E-state index in [2.05, 4.69) is 43.3 Å². The van der Waals surface area contributed by atoms with E-state index in [1.54, 1.807) is 6.07 Å². The van der Waals surface area contributed by atoms with Gasteiger partial charge in [-0.05, 0) is 40.8 Å². The van der Waals surface area contributed by atoms with Crippen molar-refractivity contribution in [1.82, 2.24) is 0 Å². The molecule has 0 aromatic heterocycles. The van der Waals surface area contributed by atoms with Gasteiger partial charge in [0.25, 0.3) is 0 Å². The van der Waals surface area contributed by atoms with E-state index in [1.807, 2.05) is 30.3 Å². The van der Waals surface area contributed by atoms with E-state index in [0.717, 1.165) is 24.0 Å². The Kier molecular flexibility index (Phi) is 6.26. The minimum Gasteiger partial charge on any atom is -0.489 e. The molecule has 27 heavy (non-hydrogen) atoms. The molecule has 3 aromatic rings. The summed E-state index contributed by atoms with van der Waals surface area (Å²) in [6, 6.07) is 24.2. The predicted octanol–water partition coefficient (Wildman–Crippen LogP) is 5.51. The van der Waals surface area contributed by atoms with E-state index in [4.69, 9.17) is 9.84 Å². The van der Waals surface area contributed by atoms with Crippen LogP contribution >= 0.6 is 0 Å². The van der Waals surface area contributed by atoms with Gasteiger partial charge in [0.15, 0.2) is 0 Å². The summed E-state index contributed by atoms with van der Waals surface area (Å²) >= 11 is 0. The standard InChI is InChI=1S/C24H24O3/c1-2-7-18-8-5-11-20(14-18)21-12-6-9-19(15-21)17-27-23-13-4-3-10-22(23)16-24(25)26/h3-6,8-15H,2,7,16-17H2,1H3,(H,25,26). The highest BCUT2D eigenvalue weighted by atomic mass is 16.5. The lowest BCUT2D eigenvalue weighted by molar-refractivity contribution is -0.136. The van der Waals surface area contributed by atoms with Gasteiger partial charge >= 0.3 is 5.97 Å². The molecule has 0 fully saturated rings. The summed E-state index contributed by atoms with van der Waals surface area (Å²) in [7, 11) is 0. The van der Waals surface area contributed by atoms with Crippen LogP contribution in [0.25, 0.3) is 11.1 Å². The molecule has 3 heteroatoms. The Bertz CT molecular complexity index is 915. The van der Waals surface area contributed by atoms with Crippen molar-refractivity contribution in [2.45, 2.75) is 32.8 Å². The third-order valence-corrected chi connectivity index (χ3v) is 4.43. The van der Waals surface area contributed by atoms with E-state index < -0.39 is 5.97 Å². The number of aryl methyl sites for hydroxylation is 1. The summed E-state index contributed by atoms with van der Waals surface area (Å²) in [6.45, 7) is 2.59. The lowest BCUT2D eigenvalue weighted by Gasteiger charge is -2.11. The summed E-state index contributed by atoms with van der Waals surface area (Å²) in [5, 5.41) is 9.04. The van der Waals surface area contributed by atoms with Gasteiger partial charge < -0.3 is 9.84 Å². The van der Waals surface area contributed by atoms with Crippen LogP contribution in [0.2, 0.25) is 0 Å². The molecule has 0 heterocycles. The van der Waals surface area contributed by atoms with Crippen LogP contribution in [-0.4, -0.2) is 11.1 Å². The zero-order valence-electron chi connectivity index (χ0n) is 15.5. The first-order valence-electron chi connectivity index (χ1n) is 9.26. The molecule has 138 valence electrons. The fourth-order valence-electron chi connectivity index (χ4n) is 3.15. The number of ether oxygens (including phenoxy) is 1. The van der Waals surface area contributed by atoms with Crippen LogP contribution in [0.3, 0.4) is 0 Å². The van der Waals surface area contributed by atoms with Crippen molar-refractivity contribution in [3.63, 3.8) is 0 Å². The van der Waals surface area contributed by atoms with Crippen molar-refractivity contribution >= 4 is 5.97 Å². The van der Waals surface area contributed by atoms with Crippen molar-refractivity contribution in [2.24, 2.45) is 0 Å². The first-order valence-corrected chi connectivity index (χ1v) is 9.26. The van der Waals surface area contributed by atoms with Gasteiger partial charge in [0.1, 0.15) is 12.4 Å². The van der Waals surface area contributed by atoms with E-state index in [0.29, 0.717) is 17.9 Å². The van der Waals surface area contributed by atoms with Crippen molar-refractivity contribution in [3.8, 4) is 16.9 Å². The summed E-state index contributed by atoms with van der Waals surface area (Å²) < 4.78 is 5.91. The highest BCUT2D eigenvalue weighted by Crippen LogP contribution is 2.24. The third kappa shape index (κ3) is 5.20. The third-order valence-electron chi connectivity index (χ3n) is 4.43. The highest BCUT2D eigenvalue weighted by molar-refractivity contribution is 5.71. The van der Waals surface area contributed by atoms with Gasteiger partial charge in [0, 0.05) is 5.56 Å². The molecular formula is C24H24O3. The Hall–Kier alpha value is -3.07. The molecular weight excluding hydrogens is 336 g/mol. The SMILES string of the molecule is CCCc1cccc(-c2cccc(COc3ccccc3CC(=O)O)c2)c1. The summed E-state index contributed by atoms with van der Waals surface area (Å²) in [6.07, 6.45) is 2.17. The molecule has 3 aromatic carbocycles. The zero-order chi connectivity index (χ0) is 19.1. The number of hydrogen-bond donors (Lipinski definition) is 1. The molecule has 1 N–H and O–H groups in total. The van der Waals surface area contributed by atoms with Crippen molar-refractivity contribution in [3.05, 3.63) is 89.5 Å². The fourth-order valence-corrected chi connectivity index (χ4v) is 3.15. The molecule has 0 aliphatic carbocycles. The molecule has 0 bridgehead atoms. The van der Waals surface area contributed by atoms with Gasteiger partial charge in [0.2, 0.25) is 0 Å².